The Hall–Kier alpha value is -0.0400. The van der Waals surface area contributed by atoms with Crippen LogP contribution in [-0.2, 0) is 0 Å². The highest BCUT2D eigenvalue weighted by Crippen LogP contribution is 2.11. The number of nitrogens with two attached hydrogens (primary N) is 1. The Morgan fingerprint density at radius 1 is 0.857 bits per heavy atom. The minimum absolute atomic E-state index is 0.466. The van der Waals surface area contributed by atoms with Gasteiger partial charge in [0.2, 0.25) is 0 Å². The van der Waals surface area contributed by atoms with E-state index in [2.05, 4.69) is 20.8 Å². The summed E-state index contributed by atoms with van der Waals surface area (Å²) in [4.78, 5) is 0. The minimum atomic E-state index is 0.466. The van der Waals surface area contributed by atoms with Crippen molar-refractivity contribution in [1.82, 2.24) is 0 Å². The van der Waals surface area contributed by atoms with Gasteiger partial charge in [0.25, 0.3) is 0 Å². The monoisotopic (exact) mass is 199 g/mol. The van der Waals surface area contributed by atoms with E-state index in [1.807, 2.05) is 0 Å². The van der Waals surface area contributed by atoms with E-state index in [4.69, 9.17) is 5.73 Å². The van der Waals surface area contributed by atoms with Gasteiger partial charge in [-0.15, -0.1) is 0 Å². The predicted molar refractivity (Wildman–Crippen MR) is 65.4 cm³/mol. The number of hydrogen-bond acceptors (Lipinski definition) is 1. The van der Waals surface area contributed by atoms with Gasteiger partial charge in [-0.3, -0.25) is 0 Å². The fraction of sp³-hybridized carbons (Fsp3) is 1.00. The maximum atomic E-state index is 6.03. The topological polar surface area (TPSA) is 26.0 Å². The molecule has 0 fully saturated rings. The molecule has 2 N–H and O–H groups in total. The highest BCUT2D eigenvalue weighted by Gasteiger charge is 2.02. The van der Waals surface area contributed by atoms with Gasteiger partial charge in [-0.25, -0.2) is 0 Å². The van der Waals surface area contributed by atoms with Crippen LogP contribution in [0.15, 0.2) is 0 Å². The second-order valence-electron chi connectivity index (χ2n) is 4.93. The van der Waals surface area contributed by atoms with Crippen LogP contribution in [0.5, 0.6) is 0 Å². The van der Waals surface area contributed by atoms with E-state index in [1.165, 1.54) is 51.4 Å². The summed E-state index contributed by atoms with van der Waals surface area (Å²) >= 11 is 0. The van der Waals surface area contributed by atoms with Crippen LogP contribution in [0.1, 0.15) is 72.1 Å². The van der Waals surface area contributed by atoms with Crippen molar-refractivity contribution in [2.24, 2.45) is 11.7 Å². The van der Waals surface area contributed by atoms with E-state index in [1.54, 1.807) is 0 Å². The summed E-state index contributed by atoms with van der Waals surface area (Å²) in [5, 5.41) is 0. The lowest BCUT2D eigenvalue weighted by Gasteiger charge is -2.11. The van der Waals surface area contributed by atoms with Gasteiger partial charge in [0, 0.05) is 6.04 Å². The SMILES string of the molecule is CCCCCC(N)CCCCC(C)C. The second-order valence-corrected chi connectivity index (χ2v) is 4.93. The lowest BCUT2D eigenvalue weighted by Crippen LogP contribution is -2.19. The molecule has 0 amide bonds. The van der Waals surface area contributed by atoms with Crippen molar-refractivity contribution in [3.05, 3.63) is 0 Å². The Balaban J connectivity index is 3.14. The Morgan fingerprint density at radius 2 is 1.36 bits per heavy atom. The highest BCUT2D eigenvalue weighted by molar-refractivity contribution is 4.61. The number of hydrogen-bond donors (Lipinski definition) is 1. The molecule has 0 aromatic carbocycles. The molecule has 0 heterocycles. The minimum Gasteiger partial charge on any atom is -0.328 e. The van der Waals surface area contributed by atoms with E-state index in [0.29, 0.717) is 6.04 Å². The van der Waals surface area contributed by atoms with Gasteiger partial charge >= 0.3 is 0 Å². The Labute approximate surface area is 90.5 Å². The first-order valence-electron chi connectivity index (χ1n) is 6.42. The van der Waals surface area contributed by atoms with Gasteiger partial charge in [-0.1, -0.05) is 59.3 Å². The first-order chi connectivity index (χ1) is 6.66. The van der Waals surface area contributed by atoms with Crippen LogP contribution in [0.3, 0.4) is 0 Å². The van der Waals surface area contributed by atoms with Gasteiger partial charge in [0.1, 0.15) is 0 Å². The lowest BCUT2D eigenvalue weighted by molar-refractivity contribution is 0.472. The molecule has 0 aliphatic carbocycles. The summed E-state index contributed by atoms with van der Waals surface area (Å²) in [6, 6.07) is 0.466. The van der Waals surface area contributed by atoms with Gasteiger partial charge in [0.05, 0.1) is 0 Å². The van der Waals surface area contributed by atoms with Crippen molar-refractivity contribution in [2.45, 2.75) is 78.2 Å². The summed E-state index contributed by atoms with van der Waals surface area (Å²) in [7, 11) is 0. The van der Waals surface area contributed by atoms with Crippen LogP contribution in [0.2, 0.25) is 0 Å². The molecule has 0 aliphatic rings. The largest absolute Gasteiger partial charge is 0.328 e. The molecule has 0 saturated carbocycles. The zero-order valence-electron chi connectivity index (χ0n) is 10.4. The molecule has 1 nitrogen and oxygen atoms in total. The first kappa shape index (κ1) is 14.0. The third kappa shape index (κ3) is 10.0. The van der Waals surface area contributed by atoms with Crippen LogP contribution >= 0.6 is 0 Å². The molecule has 0 aromatic rings. The molecule has 86 valence electrons. The van der Waals surface area contributed by atoms with Gasteiger partial charge in [0.15, 0.2) is 0 Å². The van der Waals surface area contributed by atoms with Crippen molar-refractivity contribution in [1.29, 1.82) is 0 Å². The van der Waals surface area contributed by atoms with E-state index in [0.717, 1.165) is 5.92 Å². The number of rotatable bonds is 9. The normalized spacial score (nSPS) is 13.5. The summed E-state index contributed by atoms with van der Waals surface area (Å²) in [6.07, 6.45) is 10.5. The van der Waals surface area contributed by atoms with Crippen molar-refractivity contribution < 1.29 is 0 Å². The van der Waals surface area contributed by atoms with Crippen molar-refractivity contribution in [3.63, 3.8) is 0 Å². The third-order valence-electron chi connectivity index (χ3n) is 2.78. The van der Waals surface area contributed by atoms with Crippen LogP contribution in [0.25, 0.3) is 0 Å². The quantitative estimate of drug-likeness (QED) is 0.556. The molecule has 1 heteroatoms. The Morgan fingerprint density at radius 3 is 1.86 bits per heavy atom. The number of unbranched alkanes of at least 4 members (excludes halogenated alkanes) is 3. The molecule has 0 rings (SSSR count). The lowest BCUT2D eigenvalue weighted by atomic mass is 10.0. The molecule has 14 heavy (non-hydrogen) atoms. The summed E-state index contributed by atoms with van der Waals surface area (Å²) in [5.74, 6) is 0.853. The summed E-state index contributed by atoms with van der Waals surface area (Å²) < 4.78 is 0. The Bertz CT molecular complexity index is 110. The molecule has 0 spiro atoms. The third-order valence-corrected chi connectivity index (χ3v) is 2.78. The molecular formula is C13H29N. The van der Waals surface area contributed by atoms with Crippen LogP contribution in [0, 0.1) is 5.92 Å². The molecule has 0 aliphatic heterocycles. The molecule has 1 unspecified atom stereocenters. The molecule has 0 bridgehead atoms. The molecule has 0 radical (unpaired) electrons. The predicted octanol–water partition coefficient (Wildman–Crippen LogP) is 4.11. The standard InChI is InChI=1S/C13H29N/c1-4-5-6-10-13(14)11-8-7-9-12(2)3/h12-13H,4-11,14H2,1-3H3. The average molecular weight is 199 g/mol. The summed E-state index contributed by atoms with van der Waals surface area (Å²) in [5.41, 5.74) is 6.03. The van der Waals surface area contributed by atoms with Crippen LogP contribution < -0.4 is 5.73 Å². The fourth-order valence-electron chi connectivity index (χ4n) is 1.76. The Kier molecular flexibility index (Phi) is 9.49. The zero-order valence-corrected chi connectivity index (χ0v) is 10.4. The van der Waals surface area contributed by atoms with E-state index in [-0.39, 0.29) is 0 Å². The van der Waals surface area contributed by atoms with Gasteiger partial charge < -0.3 is 5.73 Å². The fourth-order valence-corrected chi connectivity index (χ4v) is 1.76. The van der Waals surface area contributed by atoms with Crippen LogP contribution in [-0.4, -0.2) is 6.04 Å². The average Bonchev–Trinajstić information content (AvgIpc) is 2.13. The smallest absolute Gasteiger partial charge is 0.00388 e. The maximum absolute atomic E-state index is 6.03. The van der Waals surface area contributed by atoms with Crippen molar-refractivity contribution >= 4 is 0 Å². The van der Waals surface area contributed by atoms with Crippen LogP contribution in [0.4, 0.5) is 0 Å². The van der Waals surface area contributed by atoms with Gasteiger partial charge in [-0.2, -0.15) is 0 Å². The van der Waals surface area contributed by atoms with Crippen molar-refractivity contribution in [2.75, 3.05) is 0 Å². The van der Waals surface area contributed by atoms with Gasteiger partial charge in [-0.05, 0) is 18.8 Å². The molecule has 1 atom stereocenters. The van der Waals surface area contributed by atoms with E-state index < -0.39 is 0 Å². The zero-order chi connectivity index (χ0) is 10.8. The summed E-state index contributed by atoms with van der Waals surface area (Å²) in [6.45, 7) is 6.83. The maximum Gasteiger partial charge on any atom is 0.00388 e. The molecular weight excluding hydrogens is 170 g/mol. The highest BCUT2D eigenvalue weighted by atomic mass is 14.6. The van der Waals surface area contributed by atoms with E-state index >= 15 is 0 Å². The van der Waals surface area contributed by atoms with E-state index in [9.17, 15) is 0 Å². The molecule has 0 aromatic heterocycles. The second kappa shape index (κ2) is 9.51. The molecule has 0 saturated heterocycles. The first-order valence-corrected chi connectivity index (χ1v) is 6.42. The van der Waals surface area contributed by atoms with Crippen molar-refractivity contribution in [3.8, 4) is 0 Å².